The Labute approximate surface area is 58.8 Å². The summed E-state index contributed by atoms with van der Waals surface area (Å²) in [6.45, 7) is 1.80. The van der Waals surface area contributed by atoms with Gasteiger partial charge in [0.1, 0.15) is 5.69 Å². The Morgan fingerprint density at radius 1 is 1.50 bits per heavy atom. The van der Waals surface area contributed by atoms with E-state index in [0.717, 1.165) is 5.56 Å². The van der Waals surface area contributed by atoms with Gasteiger partial charge >= 0.3 is 0 Å². The van der Waals surface area contributed by atoms with Gasteiger partial charge in [-0.15, -0.1) is 4.91 Å². The van der Waals surface area contributed by atoms with Crippen molar-refractivity contribution in [1.82, 2.24) is 0 Å². The third kappa shape index (κ3) is 0.978. The molecule has 0 fully saturated rings. The molecule has 0 heterocycles. The van der Waals surface area contributed by atoms with Gasteiger partial charge in [-0.3, -0.25) is 0 Å². The van der Waals surface area contributed by atoms with Crippen LogP contribution in [0.1, 0.15) is 5.56 Å². The van der Waals surface area contributed by atoms with Gasteiger partial charge in [-0.05, 0) is 23.7 Å². The fraction of sp³-hybridized carbons (Fsp3) is 0.143. The zero-order valence-corrected chi connectivity index (χ0v) is 5.66. The molecule has 2 N–H and O–H groups in total. The van der Waals surface area contributed by atoms with Crippen LogP contribution in [0.5, 0.6) is 0 Å². The molecule has 0 bridgehead atoms. The van der Waals surface area contributed by atoms with Crippen LogP contribution in [0, 0.1) is 11.8 Å². The van der Waals surface area contributed by atoms with Crippen LogP contribution in [0.4, 0.5) is 11.4 Å². The van der Waals surface area contributed by atoms with Crippen molar-refractivity contribution in [3.63, 3.8) is 0 Å². The van der Waals surface area contributed by atoms with Crippen LogP contribution in [-0.2, 0) is 0 Å². The molecule has 0 aromatic heterocycles. The molecule has 1 aromatic carbocycles. The van der Waals surface area contributed by atoms with Crippen molar-refractivity contribution in [3.8, 4) is 0 Å². The van der Waals surface area contributed by atoms with Crippen LogP contribution < -0.4 is 5.73 Å². The molecule has 10 heavy (non-hydrogen) atoms. The van der Waals surface area contributed by atoms with Gasteiger partial charge in [0.2, 0.25) is 0 Å². The number of nitrogen functional groups attached to an aromatic ring is 1. The van der Waals surface area contributed by atoms with Gasteiger partial charge in [-0.1, -0.05) is 12.1 Å². The molecule has 0 aliphatic carbocycles. The van der Waals surface area contributed by atoms with Gasteiger partial charge in [0, 0.05) is 0 Å². The van der Waals surface area contributed by atoms with E-state index in [1.54, 1.807) is 25.1 Å². The fourth-order valence-corrected chi connectivity index (χ4v) is 0.806. The lowest BCUT2D eigenvalue weighted by atomic mass is 10.2. The van der Waals surface area contributed by atoms with Crippen LogP contribution in [0.3, 0.4) is 0 Å². The van der Waals surface area contributed by atoms with E-state index in [1.807, 2.05) is 0 Å². The zero-order valence-electron chi connectivity index (χ0n) is 5.66. The van der Waals surface area contributed by atoms with Crippen molar-refractivity contribution in [1.29, 1.82) is 0 Å². The Balaban J connectivity index is 3.30. The van der Waals surface area contributed by atoms with E-state index >= 15 is 0 Å². The smallest absolute Gasteiger partial charge is 0.133 e. The number of nitrogens with zero attached hydrogens (tertiary/aromatic N) is 1. The van der Waals surface area contributed by atoms with Crippen LogP contribution in [0.2, 0.25) is 0 Å². The van der Waals surface area contributed by atoms with E-state index in [1.165, 1.54) is 0 Å². The number of anilines is 1. The van der Waals surface area contributed by atoms with Crippen molar-refractivity contribution >= 4 is 11.4 Å². The number of benzene rings is 1. The number of nitrogens with two attached hydrogens (primary N) is 1. The number of hydrogen-bond donors (Lipinski definition) is 1. The highest BCUT2D eigenvalue weighted by Crippen LogP contribution is 2.24. The van der Waals surface area contributed by atoms with Crippen molar-refractivity contribution in [2.75, 3.05) is 5.73 Å². The highest BCUT2D eigenvalue weighted by Gasteiger charge is 1.99. The molecule has 0 saturated heterocycles. The van der Waals surface area contributed by atoms with Crippen molar-refractivity contribution in [2.45, 2.75) is 6.92 Å². The minimum absolute atomic E-state index is 0.350. The third-order valence-electron chi connectivity index (χ3n) is 1.36. The SMILES string of the molecule is Cc1cccc(N)c1N=O. The molecule has 0 aliphatic heterocycles. The zero-order chi connectivity index (χ0) is 7.56. The second-order valence-electron chi connectivity index (χ2n) is 2.10. The molecule has 0 saturated carbocycles. The van der Waals surface area contributed by atoms with Crippen LogP contribution in [0.25, 0.3) is 0 Å². The molecule has 0 radical (unpaired) electrons. The number of rotatable bonds is 1. The van der Waals surface area contributed by atoms with Crippen LogP contribution in [0.15, 0.2) is 23.4 Å². The summed E-state index contributed by atoms with van der Waals surface area (Å²) in [5.74, 6) is 0. The van der Waals surface area contributed by atoms with Gasteiger partial charge in [0.25, 0.3) is 0 Å². The lowest BCUT2D eigenvalue weighted by Gasteiger charge is -1.97. The van der Waals surface area contributed by atoms with Gasteiger partial charge in [0.05, 0.1) is 5.69 Å². The van der Waals surface area contributed by atoms with Crippen LogP contribution >= 0.6 is 0 Å². The molecule has 3 heteroatoms. The first-order chi connectivity index (χ1) is 4.75. The molecule has 0 amide bonds. The van der Waals surface area contributed by atoms with Gasteiger partial charge in [-0.2, -0.15) is 0 Å². The average Bonchev–Trinajstić information content (AvgIpc) is 1.88. The molecule has 0 unspecified atom stereocenters. The maximum absolute atomic E-state index is 10.1. The van der Waals surface area contributed by atoms with Gasteiger partial charge in [0.15, 0.2) is 0 Å². The second-order valence-corrected chi connectivity index (χ2v) is 2.10. The van der Waals surface area contributed by atoms with E-state index in [4.69, 9.17) is 5.73 Å². The maximum atomic E-state index is 10.1. The minimum atomic E-state index is 0.350. The maximum Gasteiger partial charge on any atom is 0.133 e. The van der Waals surface area contributed by atoms with Crippen molar-refractivity contribution in [2.24, 2.45) is 5.18 Å². The first-order valence-electron chi connectivity index (χ1n) is 2.94. The molecule has 0 spiro atoms. The monoisotopic (exact) mass is 136 g/mol. The van der Waals surface area contributed by atoms with Crippen molar-refractivity contribution in [3.05, 3.63) is 28.7 Å². The third-order valence-corrected chi connectivity index (χ3v) is 1.36. The predicted molar refractivity (Wildman–Crippen MR) is 41.0 cm³/mol. The summed E-state index contributed by atoms with van der Waals surface area (Å²) < 4.78 is 0. The van der Waals surface area contributed by atoms with Crippen molar-refractivity contribution < 1.29 is 0 Å². The summed E-state index contributed by atoms with van der Waals surface area (Å²) >= 11 is 0. The standard InChI is InChI=1S/C7H8N2O/c1-5-3-2-4-6(8)7(5)9-10/h2-4H,8H2,1H3. The second kappa shape index (κ2) is 2.47. The lowest BCUT2D eigenvalue weighted by Crippen LogP contribution is -1.85. The summed E-state index contributed by atoms with van der Waals surface area (Å²) in [6, 6.07) is 5.25. The largest absolute Gasteiger partial charge is 0.397 e. The van der Waals surface area contributed by atoms with Gasteiger partial charge in [-0.25, -0.2) is 0 Å². The molecule has 1 aromatic rings. The molecule has 3 nitrogen and oxygen atoms in total. The van der Waals surface area contributed by atoms with E-state index in [9.17, 15) is 4.91 Å². The molecular weight excluding hydrogens is 128 g/mol. The van der Waals surface area contributed by atoms with Crippen LogP contribution in [-0.4, -0.2) is 0 Å². The summed E-state index contributed by atoms with van der Waals surface area (Å²) in [6.07, 6.45) is 0. The predicted octanol–water partition coefficient (Wildman–Crippen LogP) is 1.98. The summed E-state index contributed by atoms with van der Waals surface area (Å²) in [7, 11) is 0. The fourth-order valence-electron chi connectivity index (χ4n) is 0.806. The van der Waals surface area contributed by atoms with Gasteiger partial charge < -0.3 is 5.73 Å². The Hall–Kier alpha value is -1.38. The molecule has 1 rings (SSSR count). The Morgan fingerprint density at radius 2 is 2.20 bits per heavy atom. The molecular formula is C7H8N2O. The number of nitroso groups, excluding NO2 is 1. The minimum Gasteiger partial charge on any atom is -0.397 e. The average molecular weight is 136 g/mol. The molecule has 0 aliphatic rings. The highest BCUT2D eigenvalue weighted by atomic mass is 16.3. The number of hydrogen-bond acceptors (Lipinski definition) is 3. The highest BCUT2D eigenvalue weighted by molar-refractivity contribution is 5.65. The Morgan fingerprint density at radius 3 is 2.60 bits per heavy atom. The van der Waals surface area contributed by atoms with E-state index < -0.39 is 0 Å². The number of aryl methyl sites for hydroxylation is 1. The van der Waals surface area contributed by atoms with E-state index in [0.29, 0.717) is 11.4 Å². The first kappa shape index (κ1) is 6.74. The molecule has 0 atom stereocenters. The lowest BCUT2D eigenvalue weighted by molar-refractivity contribution is 1.39. The van der Waals surface area contributed by atoms with E-state index in [2.05, 4.69) is 5.18 Å². The first-order valence-corrected chi connectivity index (χ1v) is 2.94. The molecule has 52 valence electrons. The topological polar surface area (TPSA) is 55.4 Å². The normalized spacial score (nSPS) is 9.30. The van der Waals surface area contributed by atoms with E-state index in [-0.39, 0.29) is 0 Å². The summed E-state index contributed by atoms with van der Waals surface area (Å²) in [5, 5.41) is 2.79. The summed E-state index contributed by atoms with van der Waals surface area (Å²) in [5.41, 5.74) is 7.04. The Kier molecular flexibility index (Phi) is 1.67. The quantitative estimate of drug-likeness (QED) is 0.474. The Bertz CT molecular complexity index is 238. The summed E-state index contributed by atoms with van der Waals surface area (Å²) in [4.78, 5) is 10.1.